The number of amides is 1. The molecule has 0 atom stereocenters. The number of aromatic amines is 1. The van der Waals surface area contributed by atoms with Gasteiger partial charge >= 0.3 is 0 Å². The minimum absolute atomic E-state index is 0.140. The van der Waals surface area contributed by atoms with E-state index in [1.54, 1.807) is 25.6 Å². The third-order valence-corrected chi connectivity index (χ3v) is 4.34. The SMILES string of the molecule is COc1cccc(-c2n[nH]c3ccc(C(=O)NCc4cccnc4)cc23)c1. The van der Waals surface area contributed by atoms with Gasteiger partial charge in [-0.3, -0.25) is 14.9 Å². The molecule has 6 nitrogen and oxygen atoms in total. The molecule has 0 saturated heterocycles. The molecule has 4 aromatic rings. The van der Waals surface area contributed by atoms with Crippen LogP contribution in [0.1, 0.15) is 15.9 Å². The molecule has 1 amide bonds. The van der Waals surface area contributed by atoms with Gasteiger partial charge in [-0.15, -0.1) is 0 Å². The van der Waals surface area contributed by atoms with E-state index < -0.39 is 0 Å². The third-order valence-electron chi connectivity index (χ3n) is 4.34. The summed E-state index contributed by atoms with van der Waals surface area (Å²) < 4.78 is 5.29. The van der Waals surface area contributed by atoms with Gasteiger partial charge in [-0.25, -0.2) is 0 Å². The van der Waals surface area contributed by atoms with Crippen molar-refractivity contribution in [3.05, 3.63) is 78.1 Å². The van der Waals surface area contributed by atoms with Crippen LogP contribution in [0, 0.1) is 0 Å². The largest absolute Gasteiger partial charge is 0.497 e. The highest BCUT2D eigenvalue weighted by atomic mass is 16.5. The normalized spacial score (nSPS) is 10.7. The summed E-state index contributed by atoms with van der Waals surface area (Å²) in [5, 5.41) is 11.2. The number of H-pyrrole nitrogens is 1. The van der Waals surface area contributed by atoms with Crippen molar-refractivity contribution >= 4 is 16.8 Å². The summed E-state index contributed by atoms with van der Waals surface area (Å²) in [7, 11) is 1.63. The van der Waals surface area contributed by atoms with Crippen molar-refractivity contribution in [2.24, 2.45) is 0 Å². The second kappa shape index (κ2) is 7.29. The van der Waals surface area contributed by atoms with E-state index in [2.05, 4.69) is 20.5 Å². The monoisotopic (exact) mass is 358 g/mol. The van der Waals surface area contributed by atoms with Crippen molar-refractivity contribution in [2.75, 3.05) is 7.11 Å². The highest BCUT2D eigenvalue weighted by Gasteiger charge is 2.12. The van der Waals surface area contributed by atoms with Gasteiger partial charge in [0.2, 0.25) is 0 Å². The Bertz CT molecular complexity index is 1090. The molecule has 2 N–H and O–H groups in total. The molecule has 6 heteroatoms. The minimum Gasteiger partial charge on any atom is -0.497 e. The van der Waals surface area contributed by atoms with Crippen LogP contribution in [0.25, 0.3) is 22.2 Å². The Morgan fingerprint density at radius 3 is 2.89 bits per heavy atom. The highest BCUT2D eigenvalue weighted by Crippen LogP contribution is 2.29. The molecule has 0 aliphatic rings. The maximum absolute atomic E-state index is 12.5. The molecule has 0 unspecified atom stereocenters. The summed E-state index contributed by atoms with van der Waals surface area (Å²) >= 11 is 0. The first-order valence-corrected chi connectivity index (χ1v) is 8.54. The number of carbonyl (C=O) groups excluding carboxylic acids is 1. The topological polar surface area (TPSA) is 79.9 Å². The summed E-state index contributed by atoms with van der Waals surface area (Å²) in [5.41, 5.74) is 4.11. The smallest absolute Gasteiger partial charge is 0.251 e. The molecule has 0 fully saturated rings. The maximum Gasteiger partial charge on any atom is 0.251 e. The van der Waals surface area contributed by atoms with Gasteiger partial charge in [-0.05, 0) is 42.0 Å². The van der Waals surface area contributed by atoms with Crippen LogP contribution in [0.2, 0.25) is 0 Å². The molecule has 27 heavy (non-hydrogen) atoms. The predicted molar refractivity (Wildman–Crippen MR) is 103 cm³/mol. The molecule has 0 aliphatic heterocycles. The number of fused-ring (bicyclic) bond motifs is 1. The van der Waals surface area contributed by atoms with Crippen molar-refractivity contribution in [3.8, 4) is 17.0 Å². The molecule has 0 spiro atoms. The Morgan fingerprint density at radius 1 is 1.15 bits per heavy atom. The van der Waals surface area contributed by atoms with Crippen LogP contribution in [-0.4, -0.2) is 28.2 Å². The molecule has 134 valence electrons. The zero-order valence-corrected chi connectivity index (χ0v) is 14.8. The number of nitrogens with one attached hydrogen (secondary N) is 2. The van der Waals surface area contributed by atoms with Crippen LogP contribution >= 0.6 is 0 Å². The van der Waals surface area contributed by atoms with Crippen LogP contribution in [0.4, 0.5) is 0 Å². The lowest BCUT2D eigenvalue weighted by Crippen LogP contribution is -2.22. The van der Waals surface area contributed by atoms with Gasteiger partial charge in [0.15, 0.2) is 0 Å². The summed E-state index contributed by atoms with van der Waals surface area (Å²) in [4.78, 5) is 16.6. The Morgan fingerprint density at radius 2 is 2.07 bits per heavy atom. The third kappa shape index (κ3) is 3.50. The lowest BCUT2D eigenvalue weighted by molar-refractivity contribution is 0.0951. The molecule has 0 radical (unpaired) electrons. The standard InChI is InChI=1S/C21H18N4O2/c1-27-17-6-2-5-15(10-17)20-18-11-16(7-8-19(18)24-25-20)21(26)23-13-14-4-3-9-22-12-14/h2-12H,13H2,1H3,(H,23,26)(H,24,25). The number of ether oxygens (including phenoxy) is 1. The average molecular weight is 358 g/mol. The summed E-state index contributed by atoms with van der Waals surface area (Å²) in [6.07, 6.45) is 3.44. The van der Waals surface area contributed by atoms with Crippen molar-refractivity contribution in [1.82, 2.24) is 20.5 Å². The molecule has 0 aliphatic carbocycles. The van der Waals surface area contributed by atoms with Crippen LogP contribution in [0.15, 0.2) is 67.0 Å². The number of aromatic nitrogens is 3. The quantitative estimate of drug-likeness (QED) is 0.572. The first kappa shape index (κ1) is 16.8. The van der Waals surface area contributed by atoms with E-state index in [4.69, 9.17) is 4.74 Å². The first-order chi connectivity index (χ1) is 13.2. The Balaban J connectivity index is 1.62. The van der Waals surface area contributed by atoms with Gasteiger partial charge in [-0.2, -0.15) is 5.10 Å². The van der Waals surface area contributed by atoms with Crippen molar-refractivity contribution in [1.29, 1.82) is 0 Å². The van der Waals surface area contributed by atoms with E-state index in [1.165, 1.54) is 0 Å². The first-order valence-electron chi connectivity index (χ1n) is 8.54. The second-order valence-electron chi connectivity index (χ2n) is 6.11. The number of carbonyl (C=O) groups is 1. The number of rotatable bonds is 5. The maximum atomic E-state index is 12.5. The van der Waals surface area contributed by atoms with E-state index in [0.29, 0.717) is 12.1 Å². The highest BCUT2D eigenvalue weighted by molar-refractivity contribution is 6.01. The fourth-order valence-electron chi connectivity index (χ4n) is 2.93. The Kier molecular flexibility index (Phi) is 4.53. The van der Waals surface area contributed by atoms with Gasteiger partial charge in [0.25, 0.3) is 5.91 Å². The summed E-state index contributed by atoms with van der Waals surface area (Å²) in [6.45, 7) is 0.429. The van der Waals surface area contributed by atoms with E-state index in [1.807, 2.05) is 48.5 Å². The minimum atomic E-state index is -0.140. The van der Waals surface area contributed by atoms with Gasteiger partial charge in [0, 0.05) is 35.5 Å². The number of benzene rings is 2. The average Bonchev–Trinajstić information content (AvgIpc) is 3.16. The van der Waals surface area contributed by atoms with Crippen LogP contribution in [0.5, 0.6) is 5.75 Å². The number of methoxy groups -OCH3 is 1. The van der Waals surface area contributed by atoms with Crippen LogP contribution in [-0.2, 0) is 6.54 Å². The number of pyridine rings is 1. The molecule has 2 heterocycles. The molecule has 4 rings (SSSR count). The second-order valence-corrected chi connectivity index (χ2v) is 6.11. The van der Waals surface area contributed by atoms with E-state index in [9.17, 15) is 4.79 Å². The Hall–Kier alpha value is -3.67. The van der Waals surface area contributed by atoms with Gasteiger partial charge < -0.3 is 10.1 Å². The van der Waals surface area contributed by atoms with E-state index in [-0.39, 0.29) is 5.91 Å². The van der Waals surface area contributed by atoms with E-state index in [0.717, 1.165) is 33.5 Å². The number of nitrogens with zero attached hydrogens (tertiary/aromatic N) is 2. The van der Waals surface area contributed by atoms with Gasteiger partial charge in [0.05, 0.1) is 12.6 Å². The lowest BCUT2D eigenvalue weighted by atomic mass is 10.0. The summed E-state index contributed by atoms with van der Waals surface area (Å²) in [6, 6.07) is 17.0. The lowest BCUT2D eigenvalue weighted by Gasteiger charge is -2.06. The predicted octanol–water partition coefficient (Wildman–Crippen LogP) is 3.56. The molecule has 0 bridgehead atoms. The molecular formula is C21H18N4O2. The summed E-state index contributed by atoms with van der Waals surface area (Å²) in [5.74, 6) is 0.618. The fourth-order valence-corrected chi connectivity index (χ4v) is 2.93. The van der Waals surface area contributed by atoms with Crippen molar-refractivity contribution in [2.45, 2.75) is 6.54 Å². The zero-order chi connectivity index (χ0) is 18.6. The van der Waals surface area contributed by atoms with Gasteiger partial charge in [-0.1, -0.05) is 18.2 Å². The van der Waals surface area contributed by atoms with Crippen molar-refractivity contribution in [3.63, 3.8) is 0 Å². The fraction of sp³-hybridized carbons (Fsp3) is 0.0952. The molecule has 2 aromatic heterocycles. The zero-order valence-electron chi connectivity index (χ0n) is 14.8. The Labute approximate surface area is 156 Å². The molecule has 0 saturated carbocycles. The molecule has 2 aromatic carbocycles. The van der Waals surface area contributed by atoms with Crippen LogP contribution in [0.3, 0.4) is 0 Å². The number of hydrogen-bond acceptors (Lipinski definition) is 4. The van der Waals surface area contributed by atoms with Crippen molar-refractivity contribution < 1.29 is 9.53 Å². The van der Waals surface area contributed by atoms with E-state index >= 15 is 0 Å². The van der Waals surface area contributed by atoms with Crippen LogP contribution < -0.4 is 10.1 Å². The molecular weight excluding hydrogens is 340 g/mol. The van der Waals surface area contributed by atoms with Gasteiger partial charge in [0.1, 0.15) is 11.4 Å². The number of hydrogen-bond donors (Lipinski definition) is 2.